The first kappa shape index (κ1) is 15.5. The zero-order valence-corrected chi connectivity index (χ0v) is 14.2. The first-order valence-electron chi connectivity index (χ1n) is 7.36. The zero-order chi connectivity index (χ0) is 16.4. The van der Waals surface area contributed by atoms with E-state index in [1.807, 2.05) is 50.2 Å². The van der Waals surface area contributed by atoms with Crippen molar-refractivity contribution in [1.82, 2.24) is 4.98 Å². The third kappa shape index (κ3) is 3.35. The van der Waals surface area contributed by atoms with Crippen molar-refractivity contribution in [2.75, 3.05) is 12.4 Å². The molecule has 0 saturated carbocycles. The van der Waals surface area contributed by atoms with Gasteiger partial charge < -0.3 is 10.1 Å². The van der Waals surface area contributed by atoms with E-state index in [2.05, 4.69) is 10.3 Å². The van der Waals surface area contributed by atoms with E-state index in [9.17, 15) is 4.79 Å². The van der Waals surface area contributed by atoms with Gasteiger partial charge in [-0.1, -0.05) is 47.2 Å². The summed E-state index contributed by atoms with van der Waals surface area (Å²) in [5.74, 6) is 0.660. The van der Waals surface area contributed by atoms with E-state index in [0.29, 0.717) is 11.6 Å². The maximum absolute atomic E-state index is 12.2. The Bertz CT molecular complexity index is 871. The Hall–Kier alpha value is -2.40. The van der Waals surface area contributed by atoms with Crippen molar-refractivity contribution in [2.24, 2.45) is 0 Å². The van der Waals surface area contributed by atoms with Crippen LogP contribution in [0.15, 0.2) is 36.4 Å². The molecule has 1 aromatic heterocycles. The van der Waals surface area contributed by atoms with Gasteiger partial charge in [-0.15, -0.1) is 0 Å². The van der Waals surface area contributed by atoms with Crippen molar-refractivity contribution >= 4 is 32.6 Å². The molecule has 1 amide bonds. The van der Waals surface area contributed by atoms with Gasteiger partial charge in [0, 0.05) is 0 Å². The molecule has 4 nitrogen and oxygen atoms in total. The second kappa shape index (κ2) is 6.38. The number of thiazole rings is 1. The first-order chi connectivity index (χ1) is 11.1. The third-order valence-corrected chi connectivity index (χ3v) is 4.72. The number of nitrogens with one attached hydrogen (secondary N) is 1. The maximum atomic E-state index is 12.2. The summed E-state index contributed by atoms with van der Waals surface area (Å²) in [5, 5.41) is 3.49. The van der Waals surface area contributed by atoms with Gasteiger partial charge in [0.15, 0.2) is 5.13 Å². The highest BCUT2D eigenvalue weighted by Crippen LogP contribution is 2.34. The maximum Gasteiger partial charge on any atom is 0.230 e. The number of methoxy groups -OCH3 is 1. The zero-order valence-electron chi connectivity index (χ0n) is 13.3. The topological polar surface area (TPSA) is 51.2 Å². The number of hydrogen-bond acceptors (Lipinski definition) is 4. The molecule has 118 valence electrons. The van der Waals surface area contributed by atoms with Gasteiger partial charge in [0.05, 0.1) is 18.2 Å². The van der Waals surface area contributed by atoms with E-state index in [0.717, 1.165) is 32.7 Å². The molecule has 1 N–H and O–H groups in total. The van der Waals surface area contributed by atoms with Gasteiger partial charge in [-0.05, 0) is 31.0 Å². The Labute approximate surface area is 139 Å². The monoisotopic (exact) mass is 326 g/mol. The molecule has 0 aliphatic carbocycles. The summed E-state index contributed by atoms with van der Waals surface area (Å²) in [7, 11) is 1.62. The van der Waals surface area contributed by atoms with Crippen LogP contribution in [0.5, 0.6) is 5.75 Å². The molecule has 0 bridgehead atoms. The van der Waals surface area contributed by atoms with Gasteiger partial charge in [-0.25, -0.2) is 4.98 Å². The van der Waals surface area contributed by atoms with Gasteiger partial charge >= 0.3 is 0 Å². The molecule has 0 spiro atoms. The fraction of sp³-hybridized carbons (Fsp3) is 0.222. The molecule has 0 unspecified atom stereocenters. The molecular formula is C18H18N2O2S. The minimum Gasteiger partial charge on any atom is -0.494 e. The Morgan fingerprint density at radius 2 is 2.09 bits per heavy atom. The van der Waals surface area contributed by atoms with Crippen molar-refractivity contribution in [1.29, 1.82) is 0 Å². The standard InChI is InChI=1S/C18H18N2O2S/c1-11-5-4-6-13(9-11)10-15(21)19-18-20-16-14(22-3)8-7-12(2)17(16)23-18/h4-9H,10H2,1-3H3,(H,19,20,21). The molecule has 5 heteroatoms. The molecule has 1 heterocycles. The summed E-state index contributed by atoms with van der Waals surface area (Å²) >= 11 is 1.47. The minimum atomic E-state index is -0.0636. The number of benzene rings is 2. The van der Waals surface area contributed by atoms with Crippen LogP contribution in [0.25, 0.3) is 10.2 Å². The van der Waals surface area contributed by atoms with Gasteiger partial charge in [0.2, 0.25) is 5.91 Å². The summed E-state index contributed by atoms with van der Waals surface area (Å²) in [6, 6.07) is 11.9. The predicted molar refractivity (Wildman–Crippen MR) is 94.4 cm³/mol. The molecule has 0 aliphatic heterocycles. The van der Waals surface area contributed by atoms with Crippen LogP contribution < -0.4 is 10.1 Å². The van der Waals surface area contributed by atoms with Crippen LogP contribution in [-0.4, -0.2) is 18.0 Å². The van der Waals surface area contributed by atoms with Crippen LogP contribution in [0.2, 0.25) is 0 Å². The quantitative estimate of drug-likeness (QED) is 0.785. The number of amides is 1. The Morgan fingerprint density at radius 3 is 2.83 bits per heavy atom. The highest BCUT2D eigenvalue weighted by molar-refractivity contribution is 7.22. The number of ether oxygens (including phenoxy) is 1. The van der Waals surface area contributed by atoms with Crippen molar-refractivity contribution in [3.8, 4) is 5.75 Å². The summed E-state index contributed by atoms with van der Waals surface area (Å²) in [6.45, 7) is 4.04. The highest BCUT2D eigenvalue weighted by Gasteiger charge is 2.13. The Morgan fingerprint density at radius 1 is 1.26 bits per heavy atom. The Balaban J connectivity index is 1.81. The molecule has 0 fully saturated rings. The van der Waals surface area contributed by atoms with E-state index < -0.39 is 0 Å². The lowest BCUT2D eigenvalue weighted by molar-refractivity contribution is -0.115. The van der Waals surface area contributed by atoms with Crippen molar-refractivity contribution < 1.29 is 9.53 Å². The minimum absolute atomic E-state index is 0.0636. The van der Waals surface area contributed by atoms with Crippen LogP contribution in [0.4, 0.5) is 5.13 Å². The predicted octanol–water partition coefficient (Wildman–Crippen LogP) is 4.10. The molecule has 0 aliphatic rings. The van der Waals surface area contributed by atoms with Crippen LogP contribution in [-0.2, 0) is 11.2 Å². The number of hydrogen-bond donors (Lipinski definition) is 1. The molecule has 2 aromatic carbocycles. The Kier molecular flexibility index (Phi) is 4.30. The average Bonchev–Trinajstić information content (AvgIpc) is 2.92. The number of carbonyl (C=O) groups excluding carboxylic acids is 1. The van der Waals surface area contributed by atoms with Crippen LogP contribution in [0, 0.1) is 13.8 Å². The van der Waals surface area contributed by atoms with E-state index in [-0.39, 0.29) is 5.91 Å². The highest BCUT2D eigenvalue weighted by atomic mass is 32.1. The number of fused-ring (bicyclic) bond motifs is 1. The van der Waals surface area contributed by atoms with E-state index in [4.69, 9.17) is 4.74 Å². The molecule has 0 radical (unpaired) electrons. The largest absolute Gasteiger partial charge is 0.494 e. The summed E-state index contributed by atoms with van der Waals surface area (Å²) < 4.78 is 6.38. The number of anilines is 1. The van der Waals surface area contributed by atoms with E-state index >= 15 is 0 Å². The summed E-state index contributed by atoms with van der Waals surface area (Å²) in [5.41, 5.74) is 4.06. The SMILES string of the molecule is COc1ccc(C)c2sc(NC(=O)Cc3cccc(C)c3)nc12. The summed E-state index contributed by atoms with van der Waals surface area (Å²) in [6.07, 6.45) is 0.341. The van der Waals surface area contributed by atoms with Crippen molar-refractivity contribution in [2.45, 2.75) is 20.3 Å². The lowest BCUT2D eigenvalue weighted by Crippen LogP contribution is -2.14. The number of aryl methyl sites for hydroxylation is 2. The average molecular weight is 326 g/mol. The van der Waals surface area contributed by atoms with Gasteiger partial charge in [-0.2, -0.15) is 0 Å². The number of aromatic nitrogens is 1. The van der Waals surface area contributed by atoms with Crippen molar-refractivity contribution in [3.63, 3.8) is 0 Å². The van der Waals surface area contributed by atoms with E-state index in [1.165, 1.54) is 11.3 Å². The lowest BCUT2D eigenvalue weighted by atomic mass is 10.1. The molecular weight excluding hydrogens is 308 g/mol. The van der Waals surface area contributed by atoms with Gasteiger partial charge in [0.1, 0.15) is 11.3 Å². The first-order valence-corrected chi connectivity index (χ1v) is 8.18. The number of nitrogens with zero attached hydrogens (tertiary/aromatic N) is 1. The van der Waals surface area contributed by atoms with Gasteiger partial charge in [-0.3, -0.25) is 4.79 Å². The van der Waals surface area contributed by atoms with Crippen LogP contribution >= 0.6 is 11.3 Å². The molecule has 3 rings (SSSR count). The lowest BCUT2D eigenvalue weighted by Gasteiger charge is -2.03. The number of carbonyl (C=O) groups is 1. The van der Waals surface area contributed by atoms with Gasteiger partial charge in [0.25, 0.3) is 0 Å². The van der Waals surface area contributed by atoms with E-state index in [1.54, 1.807) is 7.11 Å². The molecule has 0 atom stereocenters. The van der Waals surface area contributed by atoms with Crippen LogP contribution in [0.1, 0.15) is 16.7 Å². The fourth-order valence-electron chi connectivity index (χ4n) is 2.50. The fourth-order valence-corrected chi connectivity index (χ4v) is 3.47. The molecule has 23 heavy (non-hydrogen) atoms. The van der Waals surface area contributed by atoms with Crippen LogP contribution in [0.3, 0.4) is 0 Å². The molecule has 3 aromatic rings. The summed E-state index contributed by atoms with van der Waals surface area (Å²) in [4.78, 5) is 16.7. The smallest absolute Gasteiger partial charge is 0.230 e. The van der Waals surface area contributed by atoms with Crippen molar-refractivity contribution in [3.05, 3.63) is 53.1 Å². The molecule has 0 saturated heterocycles. The second-order valence-electron chi connectivity index (χ2n) is 5.50. The number of rotatable bonds is 4. The third-order valence-electron chi connectivity index (χ3n) is 3.62. The second-order valence-corrected chi connectivity index (χ2v) is 6.49. The normalized spacial score (nSPS) is 10.7.